The van der Waals surface area contributed by atoms with E-state index in [2.05, 4.69) is 5.10 Å². The SMILES string of the molecule is CC(N)C(O)c1cc2ccccn2n1. The van der Waals surface area contributed by atoms with Gasteiger partial charge in [0, 0.05) is 12.2 Å². The zero-order valence-corrected chi connectivity index (χ0v) is 7.96. The monoisotopic (exact) mass is 191 g/mol. The first kappa shape index (κ1) is 9.18. The minimum absolute atomic E-state index is 0.306. The molecule has 4 nitrogen and oxygen atoms in total. The van der Waals surface area contributed by atoms with Gasteiger partial charge in [-0.15, -0.1) is 0 Å². The highest BCUT2D eigenvalue weighted by Crippen LogP contribution is 2.15. The van der Waals surface area contributed by atoms with E-state index in [4.69, 9.17) is 5.73 Å². The van der Waals surface area contributed by atoms with Gasteiger partial charge in [-0.25, -0.2) is 4.52 Å². The van der Waals surface area contributed by atoms with Gasteiger partial charge < -0.3 is 10.8 Å². The smallest absolute Gasteiger partial charge is 0.113 e. The van der Waals surface area contributed by atoms with Crippen molar-refractivity contribution in [1.82, 2.24) is 9.61 Å². The molecule has 14 heavy (non-hydrogen) atoms. The van der Waals surface area contributed by atoms with Gasteiger partial charge in [-0.1, -0.05) is 6.07 Å². The third-order valence-corrected chi connectivity index (χ3v) is 2.19. The Hall–Kier alpha value is -1.39. The lowest BCUT2D eigenvalue weighted by molar-refractivity contribution is 0.148. The average Bonchev–Trinajstić information content (AvgIpc) is 2.59. The molecule has 0 spiro atoms. The van der Waals surface area contributed by atoms with E-state index in [0.717, 1.165) is 5.52 Å². The van der Waals surface area contributed by atoms with Gasteiger partial charge in [0.05, 0.1) is 11.2 Å². The van der Waals surface area contributed by atoms with Gasteiger partial charge in [-0.2, -0.15) is 5.10 Å². The van der Waals surface area contributed by atoms with Crippen LogP contribution in [0.4, 0.5) is 0 Å². The number of aliphatic hydroxyl groups is 1. The lowest BCUT2D eigenvalue weighted by Crippen LogP contribution is -2.24. The summed E-state index contributed by atoms with van der Waals surface area (Å²) in [7, 11) is 0. The highest BCUT2D eigenvalue weighted by molar-refractivity contribution is 5.47. The van der Waals surface area contributed by atoms with Crippen molar-refractivity contribution in [2.24, 2.45) is 5.73 Å². The predicted octanol–water partition coefficient (Wildman–Crippen LogP) is 0.715. The molecule has 0 amide bonds. The molecule has 0 aliphatic heterocycles. The summed E-state index contributed by atoms with van der Waals surface area (Å²) in [5.74, 6) is 0. The molecule has 3 N–H and O–H groups in total. The molecule has 0 saturated carbocycles. The molecule has 2 atom stereocenters. The van der Waals surface area contributed by atoms with Gasteiger partial charge in [-0.3, -0.25) is 0 Å². The second-order valence-corrected chi connectivity index (χ2v) is 3.44. The topological polar surface area (TPSA) is 63.5 Å². The van der Waals surface area contributed by atoms with Crippen molar-refractivity contribution in [3.05, 3.63) is 36.2 Å². The van der Waals surface area contributed by atoms with Crippen molar-refractivity contribution in [2.45, 2.75) is 19.1 Å². The lowest BCUT2D eigenvalue weighted by atomic mass is 10.1. The Morgan fingerprint density at radius 1 is 1.50 bits per heavy atom. The fraction of sp³-hybridized carbons (Fsp3) is 0.300. The van der Waals surface area contributed by atoms with E-state index in [0.29, 0.717) is 5.69 Å². The third-order valence-electron chi connectivity index (χ3n) is 2.19. The Kier molecular flexibility index (Phi) is 2.23. The third kappa shape index (κ3) is 1.49. The molecule has 0 radical (unpaired) electrons. The second-order valence-electron chi connectivity index (χ2n) is 3.44. The number of rotatable bonds is 2. The Labute approximate surface area is 82.0 Å². The number of hydrogen-bond acceptors (Lipinski definition) is 3. The molecule has 0 aromatic carbocycles. The molecule has 2 unspecified atom stereocenters. The van der Waals surface area contributed by atoms with Gasteiger partial charge in [0.25, 0.3) is 0 Å². The van der Waals surface area contributed by atoms with E-state index in [1.54, 1.807) is 11.4 Å². The summed E-state index contributed by atoms with van der Waals surface area (Å²) >= 11 is 0. The van der Waals surface area contributed by atoms with Crippen LogP contribution in [0.15, 0.2) is 30.5 Å². The number of nitrogens with two attached hydrogens (primary N) is 1. The summed E-state index contributed by atoms with van der Waals surface area (Å²) in [6.07, 6.45) is 1.14. The number of nitrogens with zero attached hydrogens (tertiary/aromatic N) is 2. The molecule has 2 rings (SSSR count). The van der Waals surface area contributed by atoms with E-state index in [9.17, 15) is 5.11 Å². The number of fused-ring (bicyclic) bond motifs is 1. The van der Waals surface area contributed by atoms with Crippen LogP contribution in [-0.4, -0.2) is 20.8 Å². The van der Waals surface area contributed by atoms with Crippen LogP contribution in [0, 0.1) is 0 Å². The van der Waals surface area contributed by atoms with Crippen molar-refractivity contribution in [2.75, 3.05) is 0 Å². The van der Waals surface area contributed by atoms with E-state index in [1.165, 1.54) is 0 Å². The molecule has 4 heteroatoms. The Bertz CT molecular complexity index is 403. The van der Waals surface area contributed by atoms with Crippen LogP contribution in [0.25, 0.3) is 5.52 Å². The van der Waals surface area contributed by atoms with Gasteiger partial charge in [0.2, 0.25) is 0 Å². The summed E-state index contributed by atoms with van der Waals surface area (Å²) in [6, 6.07) is 7.29. The largest absolute Gasteiger partial charge is 0.385 e. The Morgan fingerprint density at radius 3 is 2.93 bits per heavy atom. The summed E-state index contributed by atoms with van der Waals surface area (Å²) in [5, 5.41) is 13.9. The zero-order valence-electron chi connectivity index (χ0n) is 7.96. The van der Waals surface area contributed by atoms with Gasteiger partial charge in [0.1, 0.15) is 6.10 Å². The fourth-order valence-electron chi connectivity index (χ4n) is 1.37. The molecule has 0 fully saturated rings. The molecular weight excluding hydrogens is 178 g/mol. The second kappa shape index (κ2) is 3.40. The summed E-state index contributed by atoms with van der Waals surface area (Å²) in [6.45, 7) is 1.76. The molecule has 0 bridgehead atoms. The lowest BCUT2D eigenvalue weighted by Gasteiger charge is -2.10. The van der Waals surface area contributed by atoms with Crippen LogP contribution >= 0.6 is 0 Å². The van der Waals surface area contributed by atoms with Crippen molar-refractivity contribution < 1.29 is 5.11 Å². The van der Waals surface area contributed by atoms with Crippen molar-refractivity contribution in [3.8, 4) is 0 Å². The van der Waals surface area contributed by atoms with E-state index in [-0.39, 0.29) is 6.04 Å². The Morgan fingerprint density at radius 2 is 2.29 bits per heavy atom. The highest BCUT2D eigenvalue weighted by Gasteiger charge is 2.15. The quantitative estimate of drug-likeness (QED) is 0.735. The zero-order chi connectivity index (χ0) is 10.1. The van der Waals surface area contributed by atoms with Crippen molar-refractivity contribution in [1.29, 1.82) is 0 Å². The summed E-state index contributed by atoms with van der Waals surface area (Å²) in [5.41, 5.74) is 7.17. The molecular formula is C10H13N3O. The number of aliphatic hydroxyl groups excluding tert-OH is 1. The minimum Gasteiger partial charge on any atom is -0.385 e. The molecule has 2 aromatic rings. The average molecular weight is 191 g/mol. The van der Waals surface area contributed by atoms with E-state index < -0.39 is 6.10 Å². The maximum absolute atomic E-state index is 9.70. The van der Waals surface area contributed by atoms with Crippen LogP contribution in [0.1, 0.15) is 18.7 Å². The minimum atomic E-state index is -0.699. The fourth-order valence-corrected chi connectivity index (χ4v) is 1.37. The summed E-state index contributed by atoms with van der Waals surface area (Å²) in [4.78, 5) is 0. The van der Waals surface area contributed by atoms with Crippen molar-refractivity contribution in [3.63, 3.8) is 0 Å². The summed E-state index contributed by atoms with van der Waals surface area (Å²) < 4.78 is 1.72. The van der Waals surface area contributed by atoms with Crippen LogP contribution < -0.4 is 5.73 Å². The first-order valence-electron chi connectivity index (χ1n) is 4.56. The van der Waals surface area contributed by atoms with Crippen LogP contribution in [0.5, 0.6) is 0 Å². The number of hydrogen-bond donors (Lipinski definition) is 2. The van der Waals surface area contributed by atoms with Gasteiger partial charge in [-0.05, 0) is 25.1 Å². The maximum Gasteiger partial charge on any atom is 0.113 e. The van der Waals surface area contributed by atoms with E-state index in [1.807, 2.05) is 30.5 Å². The van der Waals surface area contributed by atoms with Crippen LogP contribution in [-0.2, 0) is 0 Å². The first-order chi connectivity index (χ1) is 6.68. The van der Waals surface area contributed by atoms with Gasteiger partial charge >= 0.3 is 0 Å². The molecule has 2 heterocycles. The Balaban J connectivity index is 2.45. The predicted molar refractivity (Wildman–Crippen MR) is 53.8 cm³/mol. The normalized spacial score (nSPS) is 15.6. The maximum atomic E-state index is 9.70. The number of aromatic nitrogens is 2. The molecule has 74 valence electrons. The molecule has 2 aromatic heterocycles. The molecule has 0 aliphatic rings. The van der Waals surface area contributed by atoms with Gasteiger partial charge in [0.15, 0.2) is 0 Å². The van der Waals surface area contributed by atoms with E-state index >= 15 is 0 Å². The standard InChI is InChI=1S/C10H13N3O/c1-7(11)10(14)9-6-8-4-2-3-5-13(8)12-9/h2-7,10,14H,11H2,1H3. The number of pyridine rings is 1. The molecule has 0 aliphatic carbocycles. The van der Waals surface area contributed by atoms with Crippen LogP contribution in [0.2, 0.25) is 0 Å². The first-order valence-corrected chi connectivity index (χ1v) is 4.56. The highest BCUT2D eigenvalue weighted by atomic mass is 16.3. The van der Waals surface area contributed by atoms with Crippen molar-refractivity contribution >= 4 is 5.52 Å². The molecule has 0 saturated heterocycles. The van der Waals surface area contributed by atoms with Crippen LogP contribution in [0.3, 0.4) is 0 Å².